The average Bonchev–Trinajstić information content (AvgIpc) is 3.18. The highest BCUT2D eigenvalue weighted by Crippen LogP contribution is 2.37. The van der Waals surface area contributed by atoms with Gasteiger partial charge in [-0.05, 0) is 170 Å². The van der Waals surface area contributed by atoms with E-state index in [0.29, 0.717) is 51.4 Å². The Balaban J connectivity index is 8.81. The normalized spacial score (nSPS) is 14.2. The van der Waals surface area contributed by atoms with Gasteiger partial charge in [-0.2, -0.15) is 8.42 Å². The molecule has 3 unspecified atom stereocenters. The summed E-state index contributed by atoms with van der Waals surface area (Å²) in [6.07, 6.45) is -1.07. The molecule has 0 bridgehead atoms. The molecule has 6 amide bonds. The highest BCUT2D eigenvalue weighted by atomic mass is 32.2. The van der Waals surface area contributed by atoms with Crippen LogP contribution in [0.3, 0.4) is 0 Å². The fourth-order valence-electron chi connectivity index (χ4n) is 7.74. The number of nitrogens with one attached hydrogen (secondary N) is 2. The van der Waals surface area contributed by atoms with Gasteiger partial charge in [0.05, 0.1) is 12.9 Å². The number of alkyl carbamates (subject to hydrolysis) is 2. The zero-order valence-corrected chi connectivity index (χ0v) is 51.8. The van der Waals surface area contributed by atoms with E-state index in [4.69, 9.17) is 32.6 Å². The van der Waals surface area contributed by atoms with Gasteiger partial charge in [0, 0.05) is 38.6 Å². The summed E-state index contributed by atoms with van der Waals surface area (Å²) in [4.78, 5) is 92.9. The fourth-order valence-corrected chi connectivity index (χ4v) is 8.16. The molecule has 0 fully saturated rings. The molecule has 76 heavy (non-hydrogen) atoms. The molecule has 0 aliphatic heterocycles. The Labute approximate surface area is 458 Å². The summed E-state index contributed by atoms with van der Waals surface area (Å²) in [5.41, 5.74) is -5.98. The lowest BCUT2D eigenvalue weighted by molar-refractivity contribution is -0.125. The van der Waals surface area contributed by atoms with Gasteiger partial charge in [0.15, 0.2) is 0 Å². The summed E-state index contributed by atoms with van der Waals surface area (Å²) in [7, 11) is -3.68. The van der Waals surface area contributed by atoms with Crippen molar-refractivity contribution in [3.63, 3.8) is 0 Å². The van der Waals surface area contributed by atoms with E-state index in [2.05, 4.69) is 10.6 Å². The quantitative estimate of drug-likeness (QED) is 0.0337. The Morgan fingerprint density at radius 1 is 0.461 bits per heavy atom. The highest BCUT2D eigenvalue weighted by molar-refractivity contribution is 7.85. The van der Waals surface area contributed by atoms with E-state index in [-0.39, 0.29) is 58.6 Å². The summed E-state index contributed by atoms with van der Waals surface area (Å²) >= 11 is 0. The first-order valence-electron chi connectivity index (χ1n) is 27.2. The number of carbonyl (C=O) groups is 6. The van der Waals surface area contributed by atoms with Crippen LogP contribution in [0.1, 0.15) is 216 Å². The maximum absolute atomic E-state index is 15.2. The number of nitrogens with zero attached hydrogens (tertiary/aromatic N) is 4. The minimum atomic E-state index is -3.68. The van der Waals surface area contributed by atoms with Gasteiger partial charge in [0.2, 0.25) is 5.79 Å². The lowest BCUT2D eigenvalue weighted by Crippen LogP contribution is -2.77. The minimum absolute atomic E-state index is 0.0431. The lowest BCUT2D eigenvalue weighted by atomic mass is 9.89. The number of ether oxygens (including phenoxy) is 6. The summed E-state index contributed by atoms with van der Waals surface area (Å²) in [5.74, 6) is -3.29. The first-order chi connectivity index (χ1) is 34.4. The molecule has 0 aromatic rings. The molecule has 2 N–H and O–H groups in total. The molecule has 0 aliphatic carbocycles. The third-order valence-corrected chi connectivity index (χ3v) is 11.0. The smallest absolute Gasteiger partial charge is 0.413 e. The molecule has 0 rings (SSSR count). The first-order valence-corrected chi connectivity index (χ1v) is 29.0. The van der Waals surface area contributed by atoms with Gasteiger partial charge < -0.3 is 38.6 Å². The molecule has 0 radical (unpaired) electrons. The Kier molecular flexibility index (Phi) is 28.8. The largest absolute Gasteiger partial charge is 0.444 e. The first kappa shape index (κ1) is 71.5. The lowest BCUT2D eigenvalue weighted by Gasteiger charge is -2.54. The number of rotatable bonds is 27. The van der Waals surface area contributed by atoms with Crippen LogP contribution in [0.5, 0.6) is 0 Å². The van der Waals surface area contributed by atoms with Crippen LogP contribution in [0.15, 0.2) is 0 Å². The van der Waals surface area contributed by atoms with Crippen molar-refractivity contribution in [2.75, 3.05) is 45.6 Å². The molecule has 0 aromatic carbocycles. The van der Waals surface area contributed by atoms with Crippen molar-refractivity contribution in [3.8, 4) is 0 Å². The zero-order chi connectivity index (χ0) is 59.3. The molecule has 0 aromatic heterocycles. The number of carbonyl (C=O) groups excluding carboxylic acids is 6. The van der Waals surface area contributed by atoms with Gasteiger partial charge in [-0.25, -0.2) is 28.8 Å². The van der Waals surface area contributed by atoms with E-state index in [9.17, 15) is 27.6 Å². The van der Waals surface area contributed by atoms with Gasteiger partial charge in [-0.3, -0.25) is 24.2 Å². The van der Waals surface area contributed by atoms with Gasteiger partial charge in [-0.15, -0.1) is 0 Å². The molecule has 0 aliphatic rings. The average molecular weight is 1110 g/mol. The SMILES string of the molecule is CCCCN(C(=O)OC(C)(C)C)C(NC(=O)OC(C)(C)C)(C(CCCCCCOS(C)(=O)=O)CN(CCCC(NC(=O)OC(C)(C)C)N(CCC)C(=O)OC(C)(C)C)C(=O)OC(C)(C)C)N(CCC)C(=O)OC(C)(C)C. The summed E-state index contributed by atoms with van der Waals surface area (Å²) < 4.78 is 64.4. The molecule has 0 spiro atoms. The third-order valence-electron chi connectivity index (χ3n) is 10.4. The number of unbranched alkanes of at least 4 members (excludes halogenated alkanes) is 4. The second-order valence-electron chi connectivity index (χ2n) is 25.3. The summed E-state index contributed by atoms with van der Waals surface area (Å²) in [5, 5.41) is 5.93. The van der Waals surface area contributed by atoms with Crippen LogP contribution in [0.2, 0.25) is 0 Å². The van der Waals surface area contributed by atoms with E-state index in [0.717, 1.165) is 6.26 Å². The van der Waals surface area contributed by atoms with E-state index in [1.54, 1.807) is 125 Å². The van der Waals surface area contributed by atoms with Crippen molar-refractivity contribution in [2.24, 2.45) is 5.92 Å². The van der Waals surface area contributed by atoms with Crippen molar-refractivity contribution in [3.05, 3.63) is 0 Å². The maximum atomic E-state index is 15.2. The molecular weight excluding hydrogens is 1000 g/mol. The van der Waals surface area contributed by atoms with E-state index >= 15 is 9.59 Å². The molecule has 21 nitrogen and oxygen atoms in total. The van der Waals surface area contributed by atoms with Crippen molar-refractivity contribution in [1.82, 2.24) is 30.2 Å². The van der Waals surface area contributed by atoms with Gasteiger partial charge >= 0.3 is 36.6 Å². The monoisotopic (exact) mass is 1110 g/mol. The molecule has 3 atom stereocenters. The topological polar surface area (TPSA) is 238 Å². The van der Waals surface area contributed by atoms with Crippen molar-refractivity contribution >= 4 is 46.7 Å². The van der Waals surface area contributed by atoms with Crippen LogP contribution in [0.4, 0.5) is 28.8 Å². The van der Waals surface area contributed by atoms with E-state index in [1.807, 2.05) is 20.8 Å². The standard InChI is InChI=1S/C54H104N6O15S/c1-23-26-37-60(47(66)75-53(19,20)21)54(56-43(62)71-49(7,8)9,59(35-25-3)46(65)74-52(16,17)18)40(32-29-27-28-30-38-69-76(22,67)68)39-57(44(63)72-50(10,11)12)36-31-33-41(55-42(61)70-48(4,5)6)58(34-24-2)45(64)73-51(13,14)15/h40-41H,23-39H2,1-22H3,(H,55,61)(H,56,62). The van der Waals surface area contributed by atoms with Crippen LogP contribution >= 0.6 is 0 Å². The van der Waals surface area contributed by atoms with E-state index in [1.165, 1.54) is 19.6 Å². The summed E-state index contributed by atoms with van der Waals surface area (Å²) in [6.45, 7) is 36.1. The predicted octanol–water partition coefficient (Wildman–Crippen LogP) is 11.9. The van der Waals surface area contributed by atoms with Crippen molar-refractivity contribution in [2.45, 2.75) is 262 Å². The molecule has 0 heterocycles. The van der Waals surface area contributed by atoms with Crippen LogP contribution in [0, 0.1) is 5.92 Å². The summed E-state index contributed by atoms with van der Waals surface area (Å²) in [6, 6.07) is 0. The minimum Gasteiger partial charge on any atom is -0.444 e. The zero-order valence-electron chi connectivity index (χ0n) is 51.0. The maximum Gasteiger partial charge on any atom is 0.413 e. The Morgan fingerprint density at radius 3 is 1.34 bits per heavy atom. The Hall–Kier alpha value is -4.47. The molecule has 446 valence electrons. The fraction of sp³-hybridized carbons (Fsp3) is 0.889. The second kappa shape index (κ2) is 30.6. The second-order valence-corrected chi connectivity index (χ2v) is 26.9. The number of hydrogen-bond donors (Lipinski definition) is 2. The van der Waals surface area contributed by atoms with Gasteiger partial charge in [-0.1, -0.05) is 46.5 Å². The Bertz CT molecular complexity index is 1930. The Morgan fingerprint density at radius 2 is 0.895 bits per heavy atom. The van der Waals surface area contributed by atoms with Crippen LogP contribution < -0.4 is 10.6 Å². The van der Waals surface area contributed by atoms with Crippen LogP contribution in [0.25, 0.3) is 0 Å². The molecular formula is C54H104N6O15S. The third kappa shape index (κ3) is 30.5. The van der Waals surface area contributed by atoms with Crippen LogP contribution in [-0.4, -0.2) is 156 Å². The number of hydrogen-bond acceptors (Lipinski definition) is 15. The van der Waals surface area contributed by atoms with E-state index < -0.39 is 98.2 Å². The van der Waals surface area contributed by atoms with Crippen molar-refractivity contribution in [1.29, 1.82) is 0 Å². The van der Waals surface area contributed by atoms with Crippen LogP contribution in [-0.2, 0) is 42.7 Å². The predicted molar refractivity (Wildman–Crippen MR) is 294 cm³/mol. The van der Waals surface area contributed by atoms with Crippen molar-refractivity contribution < 1.29 is 69.8 Å². The van der Waals surface area contributed by atoms with Gasteiger partial charge in [0.1, 0.15) is 39.8 Å². The molecule has 22 heteroatoms. The molecule has 0 saturated carbocycles. The number of amides is 6. The molecule has 0 saturated heterocycles. The highest BCUT2D eigenvalue weighted by Gasteiger charge is 2.56. The van der Waals surface area contributed by atoms with Gasteiger partial charge in [0.25, 0.3) is 10.1 Å².